The van der Waals surface area contributed by atoms with Crippen LogP contribution >= 0.6 is 0 Å². The number of oxazole rings is 1. The molecule has 1 N–H and O–H groups in total. The number of imidazole rings is 1. The molecule has 0 saturated carbocycles. The Morgan fingerprint density at radius 1 is 1.48 bits per heavy atom. The van der Waals surface area contributed by atoms with E-state index in [-0.39, 0.29) is 11.9 Å². The van der Waals surface area contributed by atoms with Crippen molar-refractivity contribution in [3.8, 4) is 0 Å². The highest BCUT2D eigenvalue weighted by molar-refractivity contribution is 5.93. The third kappa shape index (κ3) is 2.56. The Labute approximate surface area is 123 Å². The lowest BCUT2D eigenvalue weighted by molar-refractivity contribution is 0.0474. The zero-order valence-corrected chi connectivity index (χ0v) is 12.2. The van der Waals surface area contributed by atoms with Crippen LogP contribution in [0.1, 0.15) is 35.0 Å². The number of amides is 1. The van der Waals surface area contributed by atoms with Crippen molar-refractivity contribution in [1.29, 1.82) is 0 Å². The van der Waals surface area contributed by atoms with Gasteiger partial charge in [0, 0.05) is 32.0 Å². The summed E-state index contributed by atoms with van der Waals surface area (Å²) in [6, 6.07) is 0.0925. The van der Waals surface area contributed by atoms with Crippen molar-refractivity contribution < 1.29 is 9.21 Å². The summed E-state index contributed by atoms with van der Waals surface area (Å²) in [7, 11) is 0. The van der Waals surface area contributed by atoms with Crippen LogP contribution in [0.3, 0.4) is 0 Å². The van der Waals surface area contributed by atoms with E-state index in [2.05, 4.69) is 26.8 Å². The molecule has 3 rings (SSSR count). The van der Waals surface area contributed by atoms with Gasteiger partial charge >= 0.3 is 0 Å². The zero-order chi connectivity index (χ0) is 14.8. The van der Waals surface area contributed by atoms with E-state index in [9.17, 15) is 4.79 Å². The molecule has 1 saturated heterocycles. The zero-order valence-electron chi connectivity index (χ0n) is 12.2. The molecule has 1 amide bonds. The van der Waals surface area contributed by atoms with E-state index in [0.717, 1.165) is 18.9 Å². The van der Waals surface area contributed by atoms with Crippen LogP contribution in [0.15, 0.2) is 23.2 Å². The molecule has 1 fully saturated rings. The average Bonchev–Trinajstić information content (AvgIpc) is 3.17. The highest BCUT2D eigenvalue weighted by atomic mass is 16.3. The number of aromatic amines is 1. The van der Waals surface area contributed by atoms with E-state index >= 15 is 0 Å². The molecule has 0 aliphatic carbocycles. The Morgan fingerprint density at radius 2 is 2.33 bits per heavy atom. The summed E-state index contributed by atoms with van der Waals surface area (Å²) in [4.78, 5) is 28.2. The van der Waals surface area contributed by atoms with Crippen molar-refractivity contribution in [2.45, 2.75) is 19.9 Å². The van der Waals surface area contributed by atoms with Crippen molar-refractivity contribution in [3.05, 3.63) is 36.1 Å². The number of likely N-dealkylation sites (N-methyl/N-ethyl adjacent to an activating group) is 1. The largest absolute Gasteiger partial charge is 0.448 e. The van der Waals surface area contributed by atoms with Crippen LogP contribution in [0.25, 0.3) is 0 Å². The molecule has 0 unspecified atom stereocenters. The SMILES string of the molecule is CCN1CCN(C(=O)c2ncoc2C)C[C@@H]1c1ncc[nH]1. The van der Waals surface area contributed by atoms with Crippen LogP contribution in [0.2, 0.25) is 0 Å². The summed E-state index contributed by atoms with van der Waals surface area (Å²) in [6.45, 7) is 6.92. The van der Waals surface area contributed by atoms with E-state index < -0.39 is 0 Å². The summed E-state index contributed by atoms with van der Waals surface area (Å²) < 4.78 is 5.13. The number of carbonyl (C=O) groups excluding carboxylic acids is 1. The maximum absolute atomic E-state index is 12.5. The lowest BCUT2D eigenvalue weighted by atomic mass is 10.1. The van der Waals surface area contributed by atoms with Crippen molar-refractivity contribution >= 4 is 5.91 Å². The van der Waals surface area contributed by atoms with Gasteiger partial charge in [-0.3, -0.25) is 9.69 Å². The van der Waals surface area contributed by atoms with E-state index in [1.54, 1.807) is 13.1 Å². The first-order valence-corrected chi connectivity index (χ1v) is 7.13. The van der Waals surface area contributed by atoms with Gasteiger partial charge in [-0.15, -0.1) is 0 Å². The van der Waals surface area contributed by atoms with Crippen molar-refractivity contribution in [3.63, 3.8) is 0 Å². The molecule has 7 nitrogen and oxygen atoms in total. The molecule has 3 heterocycles. The number of hydrogen-bond donors (Lipinski definition) is 1. The Morgan fingerprint density at radius 3 is 2.95 bits per heavy atom. The topological polar surface area (TPSA) is 78.3 Å². The van der Waals surface area contributed by atoms with E-state index in [1.807, 2.05) is 11.1 Å². The molecule has 0 aromatic carbocycles. The summed E-state index contributed by atoms with van der Waals surface area (Å²) in [5, 5.41) is 0. The first kappa shape index (κ1) is 13.8. The first-order valence-electron chi connectivity index (χ1n) is 7.13. The number of aromatic nitrogens is 3. The minimum atomic E-state index is -0.0754. The van der Waals surface area contributed by atoms with Gasteiger partial charge in [0.1, 0.15) is 11.6 Å². The van der Waals surface area contributed by atoms with Crippen molar-refractivity contribution in [2.24, 2.45) is 0 Å². The van der Waals surface area contributed by atoms with Crippen LogP contribution in [-0.2, 0) is 0 Å². The Bertz CT molecular complexity index is 607. The van der Waals surface area contributed by atoms with Crippen LogP contribution in [-0.4, -0.2) is 56.8 Å². The standard InChI is InChI=1S/C14H19N5O2/c1-3-18-6-7-19(8-11(18)13-15-4-5-16-13)14(20)12-10(2)21-9-17-12/h4-5,9,11H,3,6-8H2,1-2H3,(H,15,16)/t11-/m1/s1. The molecule has 1 aliphatic heterocycles. The number of piperazine rings is 1. The summed E-state index contributed by atoms with van der Waals surface area (Å²) in [5.74, 6) is 1.38. The number of H-pyrrole nitrogens is 1. The fourth-order valence-corrected chi connectivity index (χ4v) is 2.76. The average molecular weight is 289 g/mol. The molecule has 1 aliphatic rings. The third-order valence-electron chi connectivity index (χ3n) is 3.97. The van der Waals surface area contributed by atoms with Gasteiger partial charge in [0.05, 0.1) is 6.04 Å². The molecule has 112 valence electrons. The highest BCUT2D eigenvalue weighted by Crippen LogP contribution is 2.23. The quantitative estimate of drug-likeness (QED) is 0.919. The van der Waals surface area contributed by atoms with E-state index in [0.29, 0.717) is 24.5 Å². The molecule has 21 heavy (non-hydrogen) atoms. The molecule has 1 atom stereocenters. The number of hydrogen-bond acceptors (Lipinski definition) is 5. The van der Waals surface area contributed by atoms with Gasteiger partial charge in [-0.25, -0.2) is 9.97 Å². The van der Waals surface area contributed by atoms with Crippen LogP contribution in [0.5, 0.6) is 0 Å². The van der Waals surface area contributed by atoms with Crippen LogP contribution in [0, 0.1) is 6.92 Å². The number of rotatable bonds is 3. The predicted octanol–water partition coefficient (Wildman–Crippen LogP) is 1.23. The molecular formula is C14H19N5O2. The number of aryl methyl sites for hydroxylation is 1. The smallest absolute Gasteiger partial charge is 0.276 e. The van der Waals surface area contributed by atoms with Crippen LogP contribution < -0.4 is 0 Å². The minimum absolute atomic E-state index is 0.0754. The number of nitrogens with one attached hydrogen (secondary N) is 1. The normalized spacial score (nSPS) is 19.9. The summed E-state index contributed by atoms with van der Waals surface area (Å²) in [5.41, 5.74) is 0.401. The fourth-order valence-electron chi connectivity index (χ4n) is 2.76. The first-order chi connectivity index (χ1) is 10.2. The predicted molar refractivity (Wildman–Crippen MR) is 75.7 cm³/mol. The molecular weight excluding hydrogens is 270 g/mol. The molecule has 2 aromatic heterocycles. The van der Waals surface area contributed by atoms with Gasteiger partial charge in [0.2, 0.25) is 0 Å². The number of nitrogens with zero attached hydrogens (tertiary/aromatic N) is 4. The molecule has 2 aromatic rings. The molecule has 7 heteroatoms. The minimum Gasteiger partial charge on any atom is -0.448 e. The molecule has 0 spiro atoms. The summed E-state index contributed by atoms with van der Waals surface area (Å²) in [6.07, 6.45) is 4.87. The lowest BCUT2D eigenvalue weighted by Gasteiger charge is -2.39. The second-order valence-electron chi connectivity index (χ2n) is 5.13. The third-order valence-corrected chi connectivity index (χ3v) is 3.97. The fraction of sp³-hybridized carbons (Fsp3) is 0.500. The second-order valence-corrected chi connectivity index (χ2v) is 5.13. The van der Waals surface area contributed by atoms with Gasteiger partial charge in [-0.2, -0.15) is 0 Å². The van der Waals surface area contributed by atoms with Crippen molar-refractivity contribution in [2.75, 3.05) is 26.2 Å². The molecule has 0 radical (unpaired) electrons. The van der Waals surface area contributed by atoms with Gasteiger partial charge in [0.15, 0.2) is 12.1 Å². The van der Waals surface area contributed by atoms with E-state index in [1.165, 1.54) is 6.39 Å². The summed E-state index contributed by atoms with van der Waals surface area (Å²) >= 11 is 0. The highest BCUT2D eigenvalue weighted by Gasteiger charge is 2.32. The van der Waals surface area contributed by atoms with Crippen molar-refractivity contribution in [1.82, 2.24) is 24.8 Å². The van der Waals surface area contributed by atoms with Gasteiger partial charge in [-0.1, -0.05) is 6.92 Å². The second kappa shape index (κ2) is 5.69. The number of carbonyl (C=O) groups is 1. The Hall–Kier alpha value is -2.15. The lowest BCUT2D eigenvalue weighted by Crippen LogP contribution is -2.50. The Kier molecular flexibility index (Phi) is 3.74. The maximum Gasteiger partial charge on any atom is 0.276 e. The monoisotopic (exact) mass is 289 g/mol. The van der Waals surface area contributed by atoms with Gasteiger partial charge in [0.25, 0.3) is 5.91 Å². The molecule has 0 bridgehead atoms. The van der Waals surface area contributed by atoms with Gasteiger partial charge in [-0.05, 0) is 13.5 Å². The maximum atomic E-state index is 12.5. The van der Waals surface area contributed by atoms with Gasteiger partial charge < -0.3 is 14.3 Å². The van der Waals surface area contributed by atoms with Crippen LogP contribution in [0.4, 0.5) is 0 Å². The Balaban J connectivity index is 1.80. The van der Waals surface area contributed by atoms with E-state index in [4.69, 9.17) is 4.42 Å².